The number of fused-ring (bicyclic) bond motifs is 3. The van der Waals surface area contributed by atoms with Gasteiger partial charge in [-0.3, -0.25) is 4.90 Å². The van der Waals surface area contributed by atoms with Crippen LogP contribution < -0.4 is 0 Å². The van der Waals surface area contributed by atoms with Crippen molar-refractivity contribution in [2.24, 2.45) is 0 Å². The molecule has 0 saturated carbocycles. The van der Waals surface area contributed by atoms with Gasteiger partial charge < -0.3 is 14.9 Å². The second kappa shape index (κ2) is 6.20. The van der Waals surface area contributed by atoms with Gasteiger partial charge in [-0.05, 0) is 49.1 Å². The molecule has 0 radical (unpaired) electrons. The lowest BCUT2D eigenvalue weighted by atomic mass is 9.83. The van der Waals surface area contributed by atoms with Crippen molar-refractivity contribution < 1.29 is 14.9 Å². The summed E-state index contributed by atoms with van der Waals surface area (Å²) >= 11 is 0. The molecule has 0 amide bonds. The van der Waals surface area contributed by atoms with E-state index in [4.69, 9.17) is 4.74 Å². The number of benzene rings is 1. The van der Waals surface area contributed by atoms with Gasteiger partial charge in [0.15, 0.2) is 11.5 Å². The minimum Gasteiger partial charge on any atom is -0.504 e. The Morgan fingerprint density at radius 2 is 2.05 bits per heavy atom. The van der Waals surface area contributed by atoms with Crippen molar-refractivity contribution in [3.8, 4) is 11.5 Å². The fourth-order valence-electron chi connectivity index (χ4n) is 3.38. The number of aryl methyl sites for hydroxylation is 1. The fraction of sp³-hybridized carbons (Fsp3) is 0.600. The highest BCUT2D eigenvalue weighted by Crippen LogP contribution is 2.41. The van der Waals surface area contributed by atoms with Crippen LogP contribution in [0.2, 0.25) is 0 Å². The van der Waals surface area contributed by atoms with Crippen LogP contribution in [0.4, 0.5) is 0 Å². The van der Waals surface area contributed by atoms with Crippen LogP contribution in [0.1, 0.15) is 37.0 Å². The number of phenolic OH excluding ortho intramolecular Hbond substituents is 2. The Labute approximate surface area is 125 Å². The summed E-state index contributed by atoms with van der Waals surface area (Å²) in [5.74, 6) is -0.0750. The zero-order chi connectivity index (χ0) is 13.4. The second-order valence-corrected chi connectivity index (χ2v) is 5.47. The third-order valence-electron chi connectivity index (χ3n) is 4.26. The normalized spacial score (nSPS) is 25.4. The maximum atomic E-state index is 9.72. The first-order valence-electron chi connectivity index (χ1n) is 7.11. The molecule has 1 aromatic rings. The number of nitrogens with zero attached hydrogens (tertiary/aromatic N) is 1. The van der Waals surface area contributed by atoms with Crippen molar-refractivity contribution >= 4 is 12.4 Å². The summed E-state index contributed by atoms with van der Waals surface area (Å²) in [6.45, 7) is 5.03. The first kappa shape index (κ1) is 15.4. The van der Waals surface area contributed by atoms with Crippen molar-refractivity contribution in [2.45, 2.75) is 38.3 Å². The van der Waals surface area contributed by atoms with E-state index in [0.717, 1.165) is 50.1 Å². The van der Waals surface area contributed by atoms with E-state index >= 15 is 0 Å². The predicted octanol–water partition coefficient (Wildman–Crippen LogP) is 2.62. The SMILES string of the molecule is CCCN1CCO[C@@H]2c3cc(O)c(O)cc3CC[C@H]21.Cl. The van der Waals surface area contributed by atoms with Crippen LogP contribution in [0.3, 0.4) is 0 Å². The molecule has 0 bridgehead atoms. The van der Waals surface area contributed by atoms with E-state index in [1.807, 2.05) is 0 Å². The maximum absolute atomic E-state index is 9.72. The summed E-state index contributed by atoms with van der Waals surface area (Å²) in [5.41, 5.74) is 2.15. The minimum atomic E-state index is -0.0457. The van der Waals surface area contributed by atoms with Gasteiger partial charge in [0.05, 0.1) is 12.7 Å². The Morgan fingerprint density at radius 1 is 1.30 bits per heavy atom. The van der Waals surface area contributed by atoms with E-state index in [1.54, 1.807) is 12.1 Å². The van der Waals surface area contributed by atoms with Gasteiger partial charge in [-0.2, -0.15) is 0 Å². The third-order valence-corrected chi connectivity index (χ3v) is 4.26. The lowest BCUT2D eigenvalue weighted by Gasteiger charge is -2.44. The lowest BCUT2D eigenvalue weighted by Crippen LogP contribution is -2.49. The Hall–Kier alpha value is -0.970. The Balaban J connectivity index is 0.00000147. The molecule has 3 rings (SSSR count). The molecule has 0 unspecified atom stereocenters. The summed E-state index contributed by atoms with van der Waals surface area (Å²) in [4.78, 5) is 2.50. The molecule has 1 saturated heterocycles. The van der Waals surface area contributed by atoms with Crippen molar-refractivity contribution in [2.75, 3.05) is 19.7 Å². The van der Waals surface area contributed by atoms with Gasteiger partial charge >= 0.3 is 0 Å². The summed E-state index contributed by atoms with van der Waals surface area (Å²) in [6.07, 6.45) is 3.18. The van der Waals surface area contributed by atoms with Crippen molar-refractivity contribution in [1.29, 1.82) is 0 Å². The molecule has 1 aromatic carbocycles. The summed E-state index contributed by atoms with van der Waals surface area (Å²) in [5, 5.41) is 19.3. The molecule has 112 valence electrons. The molecule has 5 heteroatoms. The molecule has 1 fully saturated rings. The zero-order valence-corrected chi connectivity index (χ0v) is 12.5. The van der Waals surface area contributed by atoms with Gasteiger partial charge in [-0.25, -0.2) is 0 Å². The molecule has 4 nitrogen and oxygen atoms in total. The highest BCUT2D eigenvalue weighted by Gasteiger charge is 2.37. The van der Waals surface area contributed by atoms with E-state index in [-0.39, 0.29) is 30.0 Å². The van der Waals surface area contributed by atoms with Crippen molar-refractivity contribution in [3.63, 3.8) is 0 Å². The zero-order valence-electron chi connectivity index (χ0n) is 11.7. The number of hydrogen-bond donors (Lipinski definition) is 2. The van der Waals surface area contributed by atoms with Crippen LogP contribution in [-0.2, 0) is 11.2 Å². The third kappa shape index (κ3) is 2.60. The molecule has 1 heterocycles. The van der Waals surface area contributed by atoms with Crippen molar-refractivity contribution in [1.82, 2.24) is 4.90 Å². The molecule has 20 heavy (non-hydrogen) atoms. The van der Waals surface area contributed by atoms with E-state index in [9.17, 15) is 10.2 Å². The van der Waals surface area contributed by atoms with Gasteiger partial charge in [0.1, 0.15) is 0 Å². The van der Waals surface area contributed by atoms with E-state index in [2.05, 4.69) is 11.8 Å². The number of phenols is 2. The fourth-order valence-corrected chi connectivity index (χ4v) is 3.38. The molecule has 0 spiro atoms. The van der Waals surface area contributed by atoms with Crippen LogP contribution in [0, 0.1) is 0 Å². The largest absolute Gasteiger partial charge is 0.504 e. The average Bonchev–Trinajstić information content (AvgIpc) is 2.41. The number of aromatic hydroxyl groups is 2. The number of halogens is 1. The van der Waals surface area contributed by atoms with Crippen LogP contribution in [0.5, 0.6) is 11.5 Å². The molecular weight excluding hydrogens is 278 g/mol. The van der Waals surface area contributed by atoms with Crippen LogP contribution in [-0.4, -0.2) is 40.9 Å². The first-order chi connectivity index (χ1) is 9.20. The number of rotatable bonds is 2. The number of hydrogen-bond acceptors (Lipinski definition) is 4. The Kier molecular flexibility index (Phi) is 4.78. The van der Waals surface area contributed by atoms with Gasteiger partial charge in [-0.15, -0.1) is 12.4 Å². The van der Waals surface area contributed by atoms with Crippen LogP contribution >= 0.6 is 12.4 Å². The second-order valence-electron chi connectivity index (χ2n) is 5.47. The van der Waals surface area contributed by atoms with Crippen LogP contribution in [0.15, 0.2) is 12.1 Å². The van der Waals surface area contributed by atoms with Gasteiger partial charge in [-0.1, -0.05) is 6.92 Å². The Morgan fingerprint density at radius 3 is 2.80 bits per heavy atom. The summed E-state index contributed by atoms with van der Waals surface area (Å²) < 4.78 is 5.95. The first-order valence-corrected chi connectivity index (χ1v) is 7.11. The van der Waals surface area contributed by atoms with Crippen LogP contribution in [0.25, 0.3) is 0 Å². The Bertz CT molecular complexity index is 478. The molecule has 2 aliphatic rings. The van der Waals surface area contributed by atoms with Gasteiger partial charge in [0.2, 0.25) is 0 Å². The standard InChI is InChI=1S/C15H21NO3.ClH/c1-2-5-16-6-7-19-15-11-9-14(18)13(17)8-10(11)3-4-12(15)16;/h8-9,12,15,17-18H,2-7H2,1H3;1H/t12-,15-;/m1./s1. The summed E-state index contributed by atoms with van der Waals surface area (Å²) in [7, 11) is 0. The molecular formula is C15H22ClNO3. The molecule has 2 N–H and O–H groups in total. The maximum Gasteiger partial charge on any atom is 0.157 e. The number of morpholine rings is 1. The van der Waals surface area contributed by atoms with Gasteiger partial charge in [0, 0.05) is 12.6 Å². The quantitative estimate of drug-likeness (QED) is 0.824. The summed E-state index contributed by atoms with van der Waals surface area (Å²) in [6, 6.07) is 3.77. The van der Waals surface area contributed by atoms with Gasteiger partial charge in [0.25, 0.3) is 0 Å². The number of ether oxygens (including phenoxy) is 1. The molecule has 2 atom stereocenters. The predicted molar refractivity (Wildman–Crippen MR) is 79.7 cm³/mol. The van der Waals surface area contributed by atoms with E-state index in [0.29, 0.717) is 6.04 Å². The average molecular weight is 300 g/mol. The molecule has 1 aliphatic carbocycles. The van der Waals surface area contributed by atoms with E-state index in [1.165, 1.54) is 0 Å². The molecule has 1 aliphatic heterocycles. The topological polar surface area (TPSA) is 52.9 Å². The lowest BCUT2D eigenvalue weighted by molar-refractivity contribution is -0.0802. The highest BCUT2D eigenvalue weighted by molar-refractivity contribution is 5.85. The molecule has 0 aromatic heterocycles. The van der Waals surface area contributed by atoms with Crippen molar-refractivity contribution in [3.05, 3.63) is 23.3 Å². The minimum absolute atomic E-state index is 0. The smallest absolute Gasteiger partial charge is 0.157 e. The van der Waals surface area contributed by atoms with E-state index < -0.39 is 0 Å². The highest BCUT2D eigenvalue weighted by atomic mass is 35.5. The monoisotopic (exact) mass is 299 g/mol.